The summed E-state index contributed by atoms with van der Waals surface area (Å²) in [5, 5.41) is 13.4. The zero-order valence-corrected chi connectivity index (χ0v) is 13.1. The maximum Gasteiger partial charge on any atom is 0.115 e. The van der Waals surface area contributed by atoms with Crippen LogP contribution in [0.25, 0.3) is 0 Å². The summed E-state index contributed by atoms with van der Waals surface area (Å²) in [5.74, 6) is 0.352. The number of aryl methyl sites for hydroxylation is 2. The number of hydrogen-bond donors (Lipinski definition) is 2. The van der Waals surface area contributed by atoms with Crippen molar-refractivity contribution >= 4 is 21.6 Å². The van der Waals surface area contributed by atoms with Crippen LogP contribution in [0.5, 0.6) is 5.75 Å². The van der Waals surface area contributed by atoms with Gasteiger partial charge in [-0.3, -0.25) is 0 Å². The van der Waals surface area contributed by atoms with Gasteiger partial charge in [0.05, 0.1) is 6.04 Å². The summed E-state index contributed by atoms with van der Waals surface area (Å²) in [6, 6.07) is 12.3. The van der Waals surface area contributed by atoms with E-state index in [0.29, 0.717) is 5.75 Å². The van der Waals surface area contributed by atoms with Crippen LogP contribution in [0.2, 0.25) is 0 Å². The number of hydrogen-bond acceptors (Lipinski definition) is 2. The number of phenolic OH excluding ortho intramolecular Hbond substituents is 1. The molecule has 20 heavy (non-hydrogen) atoms. The zero-order valence-electron chi connectivity index (χ0n) is 11.5. The highest BCUT2D eigenvalue weighted by molar-refractivity contribution is 9.10. The fourth-order valence-corrected chi connectivity index (χ4v) is 3.39. The summed E-state index contributed by atoms with van der Waals surface area (Å²) in [5.41, 5.74) is 4.97. The van der Waals surface area contributed by atoms with E-state index in [1.54, 1.807) is 6.07 Å². The van der Waals surface area contributed by atoms with Gasteiger partial charge in [0.2, 0.25) is 0 Å². The maximum atomic E-state index is 9.73. The SMILES string of the molecule is Cc1cc(Br)ccc1NC1CCCc2ccc(O)cc21. The highest BCUT2D eigenvalue weighted by atomic mass is 79.9. The Morgan fingerprint density at radius 1 is 1.20 bits per heavy atom. The first-order valence-electron chi connectivity index (χ1n) is 6.98. The number of halogens is 1. The Kier molecular flexibility index (Phi) is 3.70. The van der Waals surface area contributed by atoms with Crippen LogP contribution in [-0.4, -0.2) is 5.11 Å². The molecule has 0 fully saturated rings. The summed E-state index contributed by atoms with van der Waals surface area (Å²) in [4.78, 5) is 0. The monoisotopic (exact) mass is 331 g/mol. The van der Waals surface area contributed by atoms with E-state index in [2.05, 4.69) is 46.4 Å². The predicted octanol–water partition coefficient (Wildman–Crippen LogP) is 4.95. The molecule has 3 heteroatoms. The average molecular weight is 332 g/mol. The predicted molar refractivity (Wildman–Crippen MR) is 86.3 cm³/mol. The molecule has 0 saturated heterocycles. The summed E-state index contributed by atoms with van der Waals surface area (Å²) < 4.78 is 1.10. The summed E-state index contributed by atoms with van der Waals surface area (Å²) in [7, 11) is 0. The van der Waals surface area contributed by atoms with E-state index in [9.17, 15) is 5.11 Å². The Labute approximate surface area is 128 Å². The van der Waals surface area contributed by atoms with Gasteiger partial charge >= 0.3 is 0 Å². The van der Waals surface area contributed by atoms with Gasteiger partial charge in [-0.25, -0.2) is 0 Å². The van der Waals surface area contributed by atoms with Crippen LogP contribution >= 0.6 is 15.9 Å². The Morgan fingerprint density at radius 3 is 2.85 bits per heavy atom. The molecule has 0 heterocycles. The Hall–Kier alpha value is -1.48. The molecule has 0 radical (unpaired) electrons. The number of benzene rings is 2. The van der Waals surface area contributed by atoms with Crippen LogP contribution < -0.4 is 5.32 Å². The second kappa shape index (κ2) is 5.49. The molecule has 2 nitrogen and oxygen atoms in total. The van der Waals surface area contributed by atoms with Crippen molar-refractivity contribution in [2.45, 2.75) is 32.2 Å². The fourth-order valence-electron chi connectivity index (χ4n) is 2.91. The number of aromatic hydroxyl groups is 1. The molecule has 0 saturated carbocycles. The lowest BCUT2D eigenvalue weighted by atomic mass is 9.87. The van der Waals surface area contributed by atoms with E-state index >= 15 is 0 Å². The summed E-state index contributed by atoms with van der Waals surface area (Å²) in [6.07, 6.45) is 3.39. The van der Waals surface area contributed by atoms with E-state index < -0.39 is 0 Å². The molecule has 3 rings (SSSR count). The number of anilines is 1. The molecule has 1 aliphatic carbocycles. The number of nitrogens with one attached hydrogen (secondary N) is 1. The van der Waals surface area contributed by atoms with Crippen molar-refractivity contribution < 1.29 is 5.11 Å². The molecule has 0 spiro atoms. The highest BCUT2D eigenvalue weighted by Crippen LogP contribution is 2.35. The standard InChI is InChI=1S/C17H18BrNO/c1-11-9-13(18)6-8-16(11)19-17-4-2-3-12-5-7-14(20)10-15(12)17/h5-10,17,19-20H,2-4H2,1H3. The van der Waals surface area contributed by atoms with Gasteiger partial charge in [0, 0.05) is 10.2 Å². The number of fused-ring (bicyclic) bond motifs is 1. The maximum absolute atomic E-state index is 9.73. The van der Waals surface area contributed by atoms with Crippen molar-refractivity contribution in [3.05, 3.63) is 57.6 Å². The molecular formula is C17H18BrNO. The van der Waals surface area contributed by atoms with E-state index in [1.165, 1.54) is 23.1 Å². The molecule has 0 amide bonds. The molecule has 0 bridgehead atoms. The van der Waals surface area contributed by atoms with E-state index in [4.69, 9.17) is 0 Å². The van der Waals surface area contributed by atoms with Crippen molar-refractivity contribution in [2.75, 3.05) is 5.32 Å². The van der Waals surface area contributed by atoms with Crippen molar-refractivity contribution in [2.24, 2.45) is 0 Å². The first-order valence-corrected chi connectivity index (χ1v) is 7.77. The molecule has 2 aromatic carbocycles. The topological polar surface area (TPSA) is 32.3 Å². The molecule has 0 aromatic heterocycles. The molecule has 2 aromatic rings. The van der Waals surface area contributed by atoms with Crippen molar-refractivity contribution in [1.29, 1.82) is 0 Å². The molecule has 0 aliphatic heterocycles. The van der Waals surface area contributed by atoms with Gasteiger partial charge in [0.1, 0.15) is 5.75 Å². The van der Waals surface area contributed by atoms with Gasteiger partial charge in [-0.15, -0.1) is 0 Å². The Balaban J connectivity index is 1.91. The third kappa shape index (κ3) is 2.68. The van der Waals surface area contributed by atoms with E-state index in [0.717, 1.165) is 23.0 Å². The molecule has 104 valence electrons. The van der Waals surface area contributed by atoms with Gasteiger partial charge in [-0.2, -0.15) is 0 Å². The van der Waals surface area contributed by atoms with Crippen LogP contribution in [0.3, 0.4) is 0 Å². The van der Waals surface area contributed by atoms with Crippen LogP contribution in [0.15, 0.2) is 40.9 Å². The van der Waals surface area contributed by atoms with Crippen LogP contribution in [0.1, 0.15) is 35.6 Å². The Bertz CT molecular complexity index is 639. The summed E-state index contributed by atoms with van der Waals surface area (Å²) in [6.45, 7) is 2.11. The smallest absolute Gasteiger partial charge is 0.115 e. The van der Waals surface area contributed by atoms with Crippen LogP contribution in [0.4, 0.5) is 5.69 Å². The highest BCUT2D eigenvalue weighted by Gasteiger charge is 2.20. The second-order valence-corrected chi connectivity index (χ2v) is 6.35. The van der Waals surface area contributed by atoms with Crippen molar-refractivity contribution in [3.8, 4) is 5.75 Å². The normalized spacial score (nSPS) is 17.6. The first-order chi connectivity index (χ1) is 9.63. The quantitative estimate of drug-likeness (QED) is 0.815. The van der Waals surface area contributed by atoms with Crippen molar-refractivity contribution in [3.63, 3.8) is 0 Å². The van der Waals surface area contributed by atoms with Crippen molar-refractivity contribution in [1.82, 2.24) is 0 Å². The van der Waals surface area contributed by atoms with Crippen LogP contribution in [-0.2, 0) is 6.42 Å². The molecule has 2 N–H and O–H groups in total. The van der Waals surface area contributed by atoms with Gasteiger partial charge in [0.25, 0.3) is 0 Å². The molecule has 1 unspecified atom stereocenters. The fraction of sp³-hybridized carbons (Fsp3) is 0.294. The molecule has 1 aliphatic rings. The molecule has 1 atom stereocenters. The minimum atomic E-state index is 0.283. The Morgan fingerprint density at radius 2 is 2.05 bits per heavy atom. The first kappa shape index (κ1) is 13.5. The van der Waals surface area contributed by atoms with E-state index in [1.807, 2.05) is 12.1 Å². The lowest BCUT2D eigenvalue weighted by Crippen LogP contribution is -2.17. The van der Waals surface area contributed by atoms with E-state index in [-0.39, 0.29) is 6.04 Å². The minimum Gasteiger partial charge on any atom is -0.508 e. The minimum absolute atomic E-state index is 0.283. The van der Waals surface area contributed by atoms with Gasteiger partial charge in [-0.1, -0.05) is 22.0 Å². The number of phenols is 1. The second-order valence-electron chi connectivity index (χ2n) is 5.43. The summed E-state index contributed by atoms with van der Waals surface area (Å²) >= 11 is 3.50. The zero-order chi connectivity index (χ0) is 14.1. The lowest BCUT2D eigenvalue weighted by molar-refractivity contribution is 0.471. The third-order valence-electron chi connectivity index (χ3n) is 3.96. The van der Waals surface area contributed by atoms with Gasteiger partial charge < -0.3 is 10.4 Å². The number of rotatable bonds is 2. The van der Waals surface area contributed by atoms with Gasteiger partial charge in [0.15, 0.2) is 0 Å². The van der Waals surface area contributed by atoms with Gasteiger partial charge in [-0.05, 0) is 73.2 Å². The largest absolute Gasteiger partial charge is 0.508 e. The molecular weight excluding hydrogens is 314 g/mol. The van der Waals surface area contributed by atoms with Crippen LogP contribution in [0, 0.1) is 6.92 Å². The third-order valence-corrected chi connectivity index (χ3v) is 4.46. The average Bonchev–Trinajstić information content (AvgIpc) is 2.42. The lowest BCUT2D eigenvalue weighted by Gasteiger charge is -2.28.